The summed E-state index contributed by atoms with van der Waals surface area (Å²) in [6.07, 6.45) is 4.60. The predicted molar refractivity (Wildman–Crippen MR) is 126 cm³/mol. The van der Waals surface area contributed by atoms with E-state index < -0.39 is 23.9 Å². The highest BCUT2D eigenvalue weighted by Gasteiger charge is 2.38. The molecule has 0 unspecified atom stereocenters. The van der Waals surface area contributed by atoms with Crippen LogP contribution in [0.3, 0.4) is 0 Å². The quantitative estimate of drug-likeness (QED) is 0.277. The molecule has 2 heterocycles. The van der Waals surface area contributed by atoms with Gasteiger partial charge < -0.3 is 14.8 Å². The van der Waals surface area contributed by atoms with Gasteiger partial charge in [0.25, 0.3) is 0 Å². The number of nitrogens with one attached hydrogen (secondary N) is 1. The first-order chi connectivity index (χ1) is 17.2. The lowest BCUT2D eigenvalue weighted by Gasteiger charge is -2.11. The number of carbonyl (C=O) groups excluding carboxylic acids is 2. The maximum absolute atomic E-state index is 13.7. The molecule has 1 N–H and O–H groups in total. The number of ether oxygens (including phenoxy) is 2. The first-order valence-corrected chi connectivity index (χ1v) is 10.6. The fourth-order valence-electron chi connectivity index (χ4n) is 3.05. The number of carbonyl (C=O) groups is 2. The van der Waals surface area contributed by atoms with E-state index in [1.807, 2.05) is 0 Å². The smallest absolute Gasteiger partial charge is 0.450 e. The fourth-order valence-corrected chi connectivity index (χ4v) is 3.05. The number of hydrogen-bond donors (Lipinski definition) is 1. The number of benzene rings is 1. The van der Waals surface area contributed by atoms with Crippen LogP contribution in [0.5, 0.6) is 5.75 Å². The highest BCUT2D eigenvalue weighted by molar-refractivity contribution is 6.01. The number of imidazole rings is 1. The Morgan fingerprint density at radius 1 is 1.17 bits per heavy atom. The third-order valence-electron chi connectivity index (χ3n) is 4.63. The van der Waals surface area contributed by atoms with Crippen LogP contribution < -0.4 is 10.1 Å². The van der Waals surface area contributed by atoms with Gasteiger partial charge in [0.1, 0.15) is 5.75 Å². The number of nitrogens with zero attached hydrogens (tertiary/aromatic N) is 4. The minimum atomic E-state index is -4.76. The summed E-state index contributed by atoms with van der Waals surface area (Å²) in [5.41, 5.74) is 0.362. The number of halogens is 3. The maximum Gasteiger partial charge on any atom is 0.450 e. The molecule has 0 spiro atoms. The standard InChI is InChI=1S/C24H22F3N5O4/c1-4-6-7-15(22(34)36-5-2)8-11-21(33)31-19-13-29-20(14-28-19)32-18-10-9-16(35-3)12-17(18)30-23(32)24(25,26)27/h4,6-14H,5H2,1-3H3,(H,28,31,33)/b6-4-,11-8+,15-7+. The van der Waals surface area contributed by atoms with E-state index in [4.69, 9.17) is 9.47 Å². The van der Waals surface area contributed by atoms with Gasteiger partial charge in [-0.15, -0.1) is 0 Å². The van der Waals surface area contributed by atoms with Crippen molar-refractivity contribution in [3.05, 3.63) is 72.4 Å². The second kappa shape index (κ2) is 11.3. The number of hydrogen-bond acceptors (Lipinski definition) is 7. The molecule has 0 bridgehead atoms. The molecule has 0 saturated heterocycles. The second-order valence-corrected chi connectivity index (χ2v) is 7.07. The molecule has 0 aliphatic carbocycles. The average molecular weight is 501 g/mol. The Labute approximate surface area is 204 Å². The lowest BCUT2D eigenvalue weighted by Crippen LogP contribution is -2.15. The van der Waals surface area contributed by atoms with Crippen molar-refractivity contribution in [1.82, 2.24) is 19.5 Å². The summed E-state index contributed by atoms with van der Waals surface area (Å²) in [4.78, 5) is 36.0. The highest BCUT2D eigenvalue weighted by Crippen LogP contribution is 2.34. The Kier molecular flexibility index (Phi) is 8.20. The van der Waals surface area contributed by atoms with Crippen LogP contribution >= 0.6 is 0 Å². The maximum atomic E-state index is 13.7. The zero-order valence-corrected chi connectivity index (χ0v) is 19.5. The van der Waals surface area contributed by atoms with Gasteiger partial charge in [0.05, 0.1) is 42.7 Å². The molecule has 188 valence electrons. The summed E-state index contributed by atoms with van der Waals surface area (Å²) in [7, 11) is 1.40. The fraction of sp³-hybridized carbons (Fsp3) is 0.208. The minimum absolute atomic E-state index is 0.0110. The Balaban J connectivity index is 1.85. The molecular weight excluding hydrogens is 479 g/mol. The Bertz CT molecular complexity index is 1340. The first-order valence-electron chi connectivity index (χ1n) is 10.6. The lowest BCUT2D eigenvalue weighted by molar-refractivity contribution is -0.145. The number of esters is 1. The zero-order chi connectivity index (χ0) is 26.3. The van der Waals surface area contributed by atoms with Gasteiger partial charge in [-0.1, -0.05) is 12.2 Å². The molecule has 3 aromatic rings. The first kappa shape index (κ1) is 26.1. The number of alkyl halides is 3. The molecule has 12 heteroatoms. The van der Waals surface area contributed by atoms with Gasteiger partial charge >= 0.3 is 12.1 Å². The zero-order valence-electron chi connectivity index (χ0n) is 19.5. The average Bonchev–Trinajstić information content (AvgIpc) is 3.24. The third-order valence-corrected chi connectivity index (χ3v) is 4.63. The van der Waals surface area contributed by atoms with Crippen LogP contribution in [-0.4, -0.2) is 45.1 Å². The topological polar surface area (TPSA) is 108 Å². The summed E-state index contributed by atoms with van der Waals surface area (Å²) in [6.45, 7) is 3.59. The summed E-state index contributed by atoms with van der Waals surface area (Å²) in [6, 6.07) is 4.32. The van der Waals surface area contributed by atoms with Crippen molar-refractivity contribution >= 4 is 28.7 Å². The minimum Gasteiger partial charge on any atom is -0.497 e. The highest BCUT2D eigenvalue weighted by atomic mass is 19.4. The summed E-state index contributed by atoms with van der Waals surface area (Å²) >= 11 is 0. The summed E-state index contributed by atoms with van der Waals surface area (Å²) in [5, 5.41) is 2.43. The van der Waals surface area contributed by atoms with Crippen LogP contribution in [0.15, 0.2) is 66.5 Å². The number of aromatic nitrogens is 4. The number of allylic oxidation sites excluding steroid dienone is 3. The molecule has 0 atom stereocenters. The van der Waals surface area contributed by atoms with Crippen molar-refractivity contribution in [1.29, 1.82) is 0 Å². The van der Waals surface area contributed by atoms with Crippen LogP contribution in [0, 0.1) is 0 Å². The Morgan fingerprint density at radius 3 is 2.56 bits per heavy atom. The van der Waals surface area contributed by atoms with E-state index >= 15 is 0 Å². The summed E-state index contributed by atoms with van der Waals surface area (Å²) < 4.78 is 51.8. The number of fused-ring (bicyclic) bond motifs is 1. The number of amides is 1. The van der Waals surface area contributed by atoms with Crippen LogP contribution in [0.2, 0.25) is 0 Å². The van der Waals surface area contributed by atoms with Crippen molar-refractivity contribution < 1.29 is 32.2 Å². The van der Waals surface area contributed by atoms with Crippen molar-refractivity contribution in [3.63, 3.8) is 0 Å². The van der Waals surface area contributed by atoms with Crippen LogP contribution in [0.1, 0.15) is 19.7 Å². The van der Waals surface area contributed by atoms with Gasteiger partial charge in [-0.05, 0) is 38.1 Å². The number of rotatable bonds is 8. The van der Waals surface area contributed by atoms with Gasteiger partial charge in [-0.2, -0.15) is 13.2 Å². The van der Waals surface area contributed by atoms with Crippen molar-refractivity contribution in [3.8, 4) is 11.6 Å². The van der Waals surface area contributed by atoms with Crippen molar-refractivity contribution in [2.75, 3.05) is 19.0 Å². The van der Waals surface area contributed by atoms with E-state index in [-0.39, 0.29) is 34.8 Å². The monoisotopic (exact) mass is 501 g/mol. The molecule has 0 fully saturated rings. The third kappa shape index (κ3) is 6.14. The normalized spacial score (nSPS) is 12.4. The van der Waals surface area contributed by atoms with Gasteiger partial charge in [0.15, 0.2) is 11.6 Å². The SMILES string of the molecule is C\C=C/C=C(\C=C\C(=O)Nc1cnc(-n2c(C(F)(F)F)nc3cc(OC)ccc32)cn1)C(=O)OCC. The summed E-state index contributed by atoms with van der Waals surface area (Å²) in [5.74, 6) is -2.23. The lowest BCUT2D eigenvalue weighted by atomic mass is 10.2. The van der Waals surface area contributed by atoms with Gasteiger partial charge in [-0.3, -0.25) is 9.36 Å². The molecule has 0 aliphatic heterocycles. The molecular formula is C24H22F3N5O4. The van der Waals surface area contributed by atoms with Gasteiger partial charge in [0, 0.05) is 12.1 Å². The van der Waals surface area contributed by atoms with E-state index in [0.29, 0.717) is 5.75 Å². The number of methoxy groups -OCH3 is 1. The van der Waals surface area contributed by atoms with E-state index in [1.54, 1.807) is 26.0 Å². The molecule has 0 radical (unpaired) electrons. The van der Waals surface area contributed by atoms with E-state index in [9.17, 15) is 22.8 Å². The number of anilines is 1. The van der Waals surface area contributed by atoms with E-state index in [1.165, 1.54) is 37.5 Å². The van der Waals surface area contributed by atoms with E-state index in [0.717, 1.165) is 23.0 Å². The molecule has 9 nitrogen and oxygen atoms in total. The molecule has 3 rings (SSSR count). The second-order valence-electron chi connectivity index (χ2n) is 7.07. The van der Waals surface area contributed by atoms with Gasteiger partial charge in [0.2, 0.25) is 11.7 Å². The van der Waals surface area contributed by atoms with E-state index in [2.05, 4.69) is 20.3 Å². The molecule has 0 aliphatic rings. The predicted octanol–water partition coefficient (Wildman–Crippen LogP) is 4.40. The molecule has 0 saturated carbocycles. The van der Waals surface area contributed by atoms with Crippen molar-refractivity contribution in [2.24, 2.45) is 0 Å². The van der Waals surface area contributed by atoms with Crippen molar-refractivity contribution in [2.45, 2.75) is 20.0 Å². The molecule has 36 heavy (non-hydrogen) atoms. The molecule has 1 amide bonds. The Hall–Kier alpha value is -4.48. The molecule has 1 aromatic carbocycles. The van der Waals surface area contributed by atoms with Crippen LogP contribution in [0.4, 0.5) is 19.0 Å². The Morgan fingerprint density at radius 2 is 1.94 bits per heavy atom. The van der Waals surface area contributed by atoms with Crippen LogP contribution in [0.25, 0.3) is 16.9 Å². The van der Waals surface area contributed by atoms with Crippen LogP contribution in [-0.2, 0) is 20.5 Å². The largest absolute Gasteiger partial charge is 0.497 e. The molecule has 2 aromatic heterocycles. The van der Waals surface area contributed by atoms with Gasteiger partial charge in [-0.25, -0.2) is 19.7 Å².